The molecule has 1 N–H and O–H groups in total. The fourth-order valence-corrected chi connectivity index (χ4v) is 1.68. The highest BCUT2D eigenvalue weighted by Crippen LogP contribution is 2.15. The lowest BCUT2D eigenvalue weighted by atomic mass is 10.2. The third kappa shape index (κ3) is 5.05. The van der Waals surface area contributed by atoms with Crippen LogP contribution in [0.5, 0.6) is 0 Å². The maximum atomic E-state index is 13.3. The Morgan fingerprint density at radius 2 is 2.19 bits per heavy atom. The number of nitrogens with one attached hydrogen (secondary N) is 1. The van der Waals surface area contributed by atoms with Gasteiger partial charge in [0.2, 0.25) is 0 Å². The van der Waals surface area contributed by atoms with E-state index in [1.807, 2.05) is 13.8 Å². The summed E-state index contributed by atoms with van der Waals surface area (Å²) in [4.78, 5) is 0. The quantitative estimate of drug-likeness (QED) is 0.813. The van der Waals surface area contributed by atoms with E-state index in [-0.39, 0.29) is 11.9 Å². The molecule has 16 heavy (non-hydrogen) atoms. The van der Waals surface area contributed by atoms with Gasteiger partial charge in [-0.1, -0.05) is 15.9 Å². The average molecular weight is 290 g/mol. The lowest BCUT2D eigenvalue weighted by Crippen LogP contribution is -2.21. The Kier molecular flexibility index (Phi) is 5.95. The van der Waals surface area contributed by atoms with Crippen LogP contribution in [0.1, 0.15) is 19.4 Å². The van der Waals surface area contributed by atoms with Gasteiger partial charge in [-0.3, -0.25) is 0 Å². The van der Waals surface area contributed by atoms with Crippen LogP contribution in [0.3, 0.4) is 0 Å². The summed E-state index contributed by atoms with van der Waals surface area (Å²) in [6.45, 7) is 5.88. The number of rotatable bonds is 6. The number of hydrogen-bond acceptors (Lipinski definition) is 2. The summed E-state index contributed by atoms with van der Waals surface area (Å²) in [5.74, 6) is -0.180. The minimum atomic E-state index is -0.180. The summed E-state index contributed by atoms with van der Waals surface area (Å²) in [7, 11) is 0. The molecule has 2 nitrogen and oxygen atoms in total. The highest BCUT2D eigenvalue weighted by molar-refractivity contribution is 9.10. The Bertz CT molecular complexity index is 331. The Labute approximate surface area is 104 Å². The molecule has 0 aromatic heterocycles. The number of benzene rings is 1. The molecule has 0 radical (unpaired) electrons. The van der Waals surface area contributed by atoms with Crippen LogP contribution in [0.15, 0.2) is 22.7 Å². The summed E-state index contributed by atoms with van der Waals surface area (Å²) in [6.07, 6.45) is 0.240. The van der Waals surface area contributed by atoms with Crippen molar-refractivity contribution in [1.82, 2.24) is 5.32 Å². The van der Waals surface area contributed by atoms with E-state index in [2.05, 4.69) is 21.2 Å². The third-order valence-electron chi connectivity index (χ3n) is 2.05. The molecule has 4 heteroatoms. The maximum Gasteiger partial charge on any atom is 0.127 e. The largest absolute Gasteiger partial charge is 0.377 e. The van der Waals surface area contributed by atoms with Gasteiger partial charge in [0.15, 0.2) is 0 Å². The van der Waals surface area contributed by atoms with Gasteiger partial charge < -0.3 is 10.1 Å². The second-order valence-electron chi connectivity index (χ2n) is 3.83. The molecule has 0 atom stereocenters. The molecule has 0 fully saturated rings. The molecular formula is C12H17BrFNO. The Morgan fingerprint density at radius 3 is 2.88 bits per heavy atom. The molecule has 0 bridgehead atoms. The summed E-state index contributed by atoms with van der Waals surface area (Å²) in [5, 5.41) is 3.14. The van der Waals surface area contributed by atoms with E-state index >= 15 is 0 Å². The normalized spacial score (nSPS) is 11.1. The first-order chi connectivity index (χ1) is 7.59. The maximum absolute atomic E-state index is 13.3. The zero-order valence-corrected chi connectivity index (χ0v) is 11.2. The molecule has 0 aliphatic carbocycles. The van der Waals surface area contributed by atoms with Gasteiger partial charge in [-0.05, 0) is 32.0 Å². The number of halogens is 2. The van der Waals surface area contributed by atoms with Crippen LogP contribution in [0.2, 0.25) is 0 Å². The third-order valence-corrected chi connectivity index (χ3v) is 2.55. The summed E-state index contributed by atoms with van der Waals surface area (Å²) >= 11 is 3.32. The van der Waals surface area contributed by atoms with E-state index in [1.54, 1.807) is 12.1 Å². The van der Waals surface area contributed by atoms with Crippen molar-refractivity contribution in [3.63, 3.8) is 0 Å². The van der Waals surface area contributed by atoms with Crippen LogP contribution >= 0.6 is 15.9 Å². The summed E-state index contributed by atoms with van der Waals surface area (Å²) in [6, 6.07) is 4.94. The number of ether oxygens (including phenoxy) is 1. The monoisotopic (exact) mass is 289 g/mol. The van der Waals surface area contributed by atoms with E-state index in [4.69, 9.17) is 4.74 Å². The van der Waals surface area contributed by atoms with E-state index in [0.717, 1.165) is 11.0 Å². The highest BCUT2D eigenvalue weighted by Gasteiger charge is 2.02. The van der Waals surface area contributed by atoms with Crippen molar-refractivity contribution in [1.29, 1.82) is 0 Å². The Morgan fingerprint density at radius 1 is 1.44 bits per heavy atom. The van der Waals surface area contributed by atoms with Gasteiger partial charge >= 0.3 is 0 Å². The lowest BCUT2D eigenvalue weighted by Gasteiger charge is -2.09. The molecule has 1 aromatic rings. The van der Waals surface area contributed by atoms with E-state index < -0.39 is 0 Å². The predicted molar refractivity (Wildman–Crippen MR) is 66.9 cm³/mol. The summed E-state index contributed by atoms with van der Waals surface area (Å²) in [5.41, 5.74) is 0.666. The highest BCUT2D eigenvalue weighted by atomic mass is 79.9. The van der Waals surface area contributed by atoms with Crippen molar-refractivity contribution in [3.05, 3.63) is 34.1 Å². The molecule has 0 saturated carbocycles. The molecule has 0 spiro atoms. The van der Waals surface area contributed by atoms with E-state index in [1.165, 1.54) is 6.07 Å². The van der Waals surface area contributed by atoms with Crippen LogP contribution in [0.4, 0.5) is 4.39 Å². The molecule has 1 aromatic carbocycles. The van der Waals surface area contributed by atoms with Gasteiger partial charge in [0.05, 0.1) is 12.7 Å². The van der Waals surface area contributed by atoms with Gasteiger partial charge in [0.25, 0.3) is 0 Å². The van der Waals surface area contributed by atoms with Gasteiger partial charge in [-0.2, -0.15) is 0 Å². The smallest absolute Gasteiger partial charge is 0.127 e. The van der Waals surface area contributed by atoms with Crippen molar-refractivity contribution in [2.24, 2.45) is 0 Å². The van der Waals surface area contributed by atoms with Crippen molar-refractivity contribution in [3.8, 4) is 0 Å². The predicted octanol–water partition coefficient (Wildman–Crippen LogP) is 3.10. The van der Waals surface area contributed by atoms with Crippen molar-refractivity contribution in [2.45, 2.75) is 26.5 Å². The van der Waals surface area contributed by atoms with Crippen LogP contribution in [0.25, 0.3) is 0 Å². The van der Waals surface area contributed by atoms with Gasteiger partial charge in [0, 0.05) is 23.1 Å². The SMILES string of the molecule is CC(C)OCCNCc1cc(Br)ccc1F. The van der Waals surface area contributed by atoms with Crippen LogP contribution in [-0.4, -0.2) is 19.3 Å². The van der Waals surface area contributed by atoms with Crippen molar-refractivity contribution in [2.75, 3.05) is 13.2 Å². The lowest BCUT2D eigenvalue weighted by molar-refractivity contribution is 0.0806. The minimum absolute atomic E-state index is 0.180. The first-order valence-electron chi connectivity index (χ1n) is 5.36. The summed E-state index contributed by atoms with van der Waals surface area (Å²) < 4.78 is 19.6. The zero-order valence-electron chi connectivity index (χ0n) is 9.59. The Hall–Kier alpha value is -0.450. The molecule has 0 aliphatic rings. The Balaban J connectivity index is 2.29. The average Bonchev–Trinajstić information content (AvgIpc) is 2.22. The molecule has 0 amide bonds. The van der Waals surface area contributed by atoms with Gasteiger partial charge in [0.1, 0.15) is 5.82 Å². The molecular weight excluding hydrogens is 273 g/mol. The zero-order chi connectivity index (χ0) is 12.0. The first-order valence-corrected chi connectivity index (χ1v) is 6.15. The van der Waals surface area contributed by atoms with Crippen molar-refractivity contribution >= 4 is 15.9 Å². The first kappa shape index (κ1) is 13.6. The van der Waals surface area contributed by atoms with Crippen LogP contribution in [-0.2, 0) is 11.3 Å². The fourth-order valence-electron chi connectivity index (χ4n) is 1.27. The van der Waals surface area contributed by atoms with Crippen LogP contribution in [0, 0.1) is 5.82 Å². The molecule has 90 valence electrons. The molecule has 0 saturated heterocycles. The molecule has 1 rings (SSSR count). The number of hydrogen-bond donors (Lipinski definition) is 1. The van der Waals surface area contributed by atoms with E-state index in [0.29, 0.717) is 18.7 Å². The topological polar surface area (TPSA) is 21.3 Å². The van der Waals surface area contributed by atoms with Crippen molar-refractivity contribution < 1.29 is 9.13 Å². The fraction of sp³-hybridized carbons (Fsp3) is 0.500. The molecule has 0 unspecified atom stereocenters. The van der Waals surface area contributed by atoms with E-state index in [9.17, 15) is 4.39 Å². The van der Waals surface area contributed by atoms with Crippen LogP contribution < -0.4 is 5.32 Å². The van der Waals surface area contributed by atoms with Gasteiger partial charge in [-0.15, -0.1) is 0 Å². The molecule has 0 aliphatic heterocycles. The van der Waals surface area contributed by atoms with Gasteiger partial charge in [-0.25, -0.2) is 4.39 Å². The standard InChI is InChI=1S/C12H17BrFNO/c1-9(2)16-6-5-15-8-10-7-11(13)3-4-12(10)14/h3-4,7,9,15H,5-6,8H2,1-2H3. The second kappa shape index (κ2) is 6.99. The minimum Gasteiger partial charge on any atom is -0.377 e. The molecule has 0 heterocycles. The second-order valence-corrected chi connectivity index (χ2v) is 4.75.